The third-order valence-electron chi connectivity index (χ3n) is 2.45. The maximum Gasteiger partial charge on any atom is 0.303 e. The van der Waals surface area contributed by atoms with Gasteiger partial charge in [-0.25, -0.2) is 0 Å². The van der Waals surface area contributed by atoms with Gasteiger partial charge in [0.15, 0.2) is 0 Å². The van der Waals surface area contributed by atoms with Gasteiger partial charge in [0.2, 0.25) is 0 Å². The van der Waals surface area contributed by atoms with E-state index < -0.39 is 5.97 Å². The molecule has 0 aliphatic heterocycles. The summed E-state index contributed by atoms with van der Waals surface area (Å²) in [4.78, 5) is 10.7. The van der Waals surface area contributed by atoms with E-state index in [0.717, 1.165) is 17.7 Å². The second-order valence-electron chi connectivity index (χ2n) is 4.03. The Morgan fingerprint density at radius 1 is 1.53 bits per heavy atom. The molecule has 0 heterocycles. The molecule has 1 aromatic carbocycles. The van der Waals surface area contributed by atoms with Crippen molar-refractivity contribution in [3.63, 3.8) is 0 Å². The molecular weight excluding hydrogens is 240 g/mol. The lowest BCUT2D eigenvalue weighted by atomic mass is 9.97. The number of carboxylic acids is 1. The number of hydrogen-bond acceptors (Lipinski definition) is 2. The third-order valence-corrected chi connectivity index (χ3v) is 2.68. The zero-order chi connectivity index (χ0) is 12.8. The van der Waals surface area contributed by atoms with Crippen LogP contribution in [0.5, 0.6) is 5.75 Å². The summed E-state index contributed by atoms with van der Waals surface area (Å²) in [6.45, 7) is 4.50. The fourth-order valence-corrected chi connectivity index (χ4v) is 1.80. The Morgan fingerprint density at radius 3 is 2.82 bits per heavy atom. The number of aliphatic carboxylic acids is 1. The van der Waals surface area contributed by atoms with Gasteiger partial charge in [0.05, 0.1) is 13.0 Å². The topological polar surface area (TPSA) is 46.5 Å². The van der Waals surface area contributed by atoms with Gasteiger partial charge in [0, 0.05) is 5.02 Å². The molecule has 3 nitrogen and oxygen atoms in total. The smallest absolute Gasteiger partial charge is 0.303 e. The van der Waals surface area contributed by atoms with E-state index in [9.17, 15) is 4.79 Å². The fourth-order valence-electron chi connectivity index (χ4n) is 1.62. The summed E-state index contributed by atoms with van der Waals surface area (Å²) in [5.41, 5.74) is 0.855. The Balaban J connectivity index is 2.93. The van der Waals surface area contributed by atoms with Crippen LogP contribution in [0.3, 0.4) is 0 Å². The first kappa shape index (κ1) is 13.8. The number of carboxylic acid groups (broad SMARTS) is 1. The van der Waals surface area contributed by atoms with E-state index in [1.807, 2.05) is 13.8 Å². The predicted octanol–water partition coefficient (Wildman–Crippen LogP) is 3.71. The maximum absolute atomic E-state index is 10.7. The van der Waals surface area contributed by atoms with Crippen LogP contribution in [0.4, 0.5) is 0 Å². The molecule has 1 rings (SSSR count). The van der Waals surface area contributed by atoms with E-state index in [-0.39, 0.29) is 12.3 Å². The summed E-state index contributed by atoms with van der Waals surface area (Å²) < 4.78 is 5.59. The van der Waals surface area contributed by atoms with Crippen LogP contribution in [0.1, 0.15) is 38.2 Å². The molecule has 4 heteroatoms. The Kier molecular flexibility index (Phi) is 5.29. The minimum atomic E-state index is -0.820. The average Bonchev–Trinajstić information content (AvgIpc) is 2.26. The molecule has 0 amide bonds. The van der Waals surface area contributed by atoms with Gasteiger partial charge in [-0.15, -0.1) is 0 Å². The van der Waals surface area contributed by atoms with Crippen LogP contribution < -0.4 is 4.74 Å². The van der Waals surface area contributed by atoms with E-state index in [0.29, 0.717) is 11.6 Å². The van der Waals surface area contributed by atoms with Crippen LogP contribution >= 0.6 is 11.6 Å². The number of benzene rings is 1. The largest absolute Gasteiger partial charge is 0.493 e. The predicted molar refractivity (Wildman–Crippen MR) is 67.9 cm³/mol. The van der Waals surface area contributed by atoms with Crippen molar-refractivity contribution in [3.8, 4) is 5.75 Å². The molecule has 1 aromatic rings. The average molecular weight is 257 g/mol. The summed E-state index contributed by atoms with van der Waals surface area (Å²) in [5, 5.41) is 9.41. The summed E-state index contributed by atoms with van der Waals surface area (Å²) in [6.07, 6.45) is 0.984. The van der Waals surface area contributed by atoms with Gasteiger partial charge in [0.25, 0.3) is 0 Å². The molecule has 0 saturated carbocycles. The van der Waals surface area contributed by atoms with Crippen molar-refractivity contribution in [1.82, 2.24) is 0 Å². The Hall–Kier alpha value is -1.22. The van der Waals surface area contributed by atoms with Crippen LogP contribution in [0.15, 0.2) is 18.2 Å². The van der Waals surface area contributed by atoms with Crippen molar-refractivity contribution < 1.29 is 14.6 Å². The van der Waals surface area contributed by atoms with Crippen molar-refractivity contribution >= 4 is 17.6 Å². The van der Waals surface area contributed by atoms with Crippen molar-refractivity contribution in [3.05, 3.63) is 28.8 Å². The van der Waals surface area contributed by atoms with Crippen LogP contribution in [0, 0.1) is 0 Å². The second kappa shape index (κ2) is 6.50. The highest BCUT2D eigenvalue weighted by Crippen LogP contribution is 2.31. The zero-order valence-corrected chi connectivity index (χ0v) is 10.8. The first-order chi connectivity index (χ1) is 8.04. The molecule has 0 aliphatic rings. The Bertz CT molecular complexity index is 390. The normalized spacial score (nSPS) is 12.2. The summed E-state index contributed by atoms with van der Waals surface area (Å²) in [6, 6.07) is 5.33. The van der Waals surface area contributed by atoms with E-state index in [1.165, 1.54) is 0 Å². The van der Waals surface area contributed by atoms with Gasteiger partial charge in [-0.3, -0.25) is 4.79 Å². The lowest BCUT2D eigenvalue weighted by molar-refractivity contribution is -0.137. The van der Waals surface area contributed by atoms with E-state index in [2.05, 4.69) is 0 Å². The first-order valence-corrected chi connectivity index (χ1v) is 6.06. The van der Waals surface area contributed by atoms with Gasteiger partial charge >= 0.3 is 5.97 Å². The highest BCUT2D eigenvalue weighted by Gasteiger charge is 2.15. The second-order valence-corrected chi connectivity index (χ2v) is 4.47. The monoisotopic (exact) mass is 256 g/mol. The molecule has 0 fully saturated rings. The highest BCUT2D eigenvalue weighted by atomic mass is 35.5. The Morgan fingerprint density at radius 2 is 2.24 bits per heavy atom. The van der Waals surface area contributed by atoms with Crippen LogP contribution in [0.2, 0.25) is 5.02 Å². The third kappa shape index (κ3) is 4.27. The number of ether oxygens (including phenoxy) is 1. The number of halogens is 1. The summed E-state index contributed by atoms with van der Waals surface area (Å²) >= 11 is 5.93. The lowest BCUT2D eigenvalue weighted by Gasteiger charge is -2.15. The van der Waals surface area contributed by atoms with Crippen LogP contribution in [-0.2, 0) is 4.79 Å². The summed E-state index contributed by atoms with van der Waals surface area (Å²) in [5.74, 6) is -0.207. The van der Waals surface area contributed by atoms with Crippen molar-refractivity contribution in [2.45, 2.75) is 32.6 Å². The molecule has 1 N–H and O–H groups in total. The molecule has 17 heavy (non-hydrogen) atoms. The first-order valence-electron chi connectivity index (χ1n) is 5.68. The molecule has 1 unspecified atom stereocenters. The molecule has 94 valence electrons. The molecule has 0 saturated heterocycles. The van der Waals surface area contributed by atoms with Crippen molar-refractivity contribution in [2.75, 3.05) is 6.61 Å². The minimum Gasteiger partial charge on any atom is -0.493 e. The van der Waals surface area contributed by atoms with Crippen LogP contribution in [-0.4, -0.2) is 17.7 Å². The van der Waals surface area contributed by atoms with Gasteiger partial charge in [-0.05, 0) is 36.1 Å². The van der Waals surface area contributed by atoms with Crippen molar-refractivity contribution in [1.29, 1.82) is 0 Å². The van der Waals surface area contributed by atoms with Gasteiger partial charge in [0.1, 0.15) is 5.75 Å². The Labute approximate surface area is 106 Å². The molecule has 0 aromatic heterocycles. The molecule has 0 bridgehead atoms. The lowest BCUT2D eigenvalue weighted by Crippen LogP contribution is -2.06. The van der Waals surface area contributed by atoms with E-state index >= 15 is 0 Å². The fraction of sp³-hybridized carbons (Fsp3) is 0.462. The van der Waals surface area contributed by atoms with E-state index in [1.54, 1.807) is 18.2 Å². The highest BCUT2D eigenvalue weighted by molar-refractivity contribution is 6.30. The number of hydrogen-bond donors (Lipinski definition) is 1. The molecule has 0 radical (unpaired) electrons. The van der Waals surface area contributed by atoms with Gasteiger partial charge in [-0.1, -0.05) is 25.4 Å². The number of rotatable bonds is 6. The quantitative estimate of drug-likeness (QED) is 0.844. The summed E-state index contributed by atoms with van der Waals surface area (Å²) in [7, 11) is 0. The zero-order valence-electron chi connectivity index (χ0n) is 10.1. The molecule has 0 spiro atoms. The number of carbonyl (C=O) groups is 1. The van der Waals surface area contributed by atoms with Crippen molar-refractivity contribution in [2.24, 2.45) is 0 Å². The van der Waals surface area contributed by atoms with Gasteiger partial charge < -0.3 is 9.84 Å². The minimum absolute atomic E-state index is 0.0722. The SMILES string of the molecule is CCCOc1ccc(Cl)cc1C(C)CC(=O)O. The molecule has 1 atom stereocenters. The van der Waals surface area contributed by atoms with Gasteiger partial charge in [-0.2, -0.15) is 0 Å². The molecule has 0 aliphatic carbocycles. The molecular formula is C13H17ClO3. The standard InChI is InChI=1S/C13H17ClO3/c1-3-6-17-12-5-4-10(14)8-11(12)9(2)7-13(15)16/h4-5,8-9H,3,6-7H2,1-2H3,(H,15,16). The van der Waals surface area contributed by atoms with E-state index in [4.69, 9.17) is 21.4 Å². The maximum atomic E-state index is 10.7. The van der Waals surface area contributed by atoms with Crippen LogP contribution in [0.25, 0.3) is 0 Å².